The number of unbranched alkanes of at least 4 members (excludes halogenated alkanes) is 3. The lowest BCUT2D eigenvalue weighted by molar-refractivity contribution is 0.980. The van der Waals surface area contributed by atoms with E-state index in [1.54, 1.807) is 0 Å². The van der Waals surface area contributed by atoms with Gasteiger partial charge in [0, 0.05) is 25.7 Å². The molecule has 0 bridgehead atoms. The summed E-state index contributed by atoms with van der Waals surface area (Å²) in [7, 11) is 0. The molecule has 0 fully saturated rings. The van der Waals surface area contributed by atoms with E-state index in [4.69, 9.17) is 0 Å². The van der Waals surface area contributed by atoms with Crippen LogP contribution in [0.3, 0.4) is 0 Å². The van der Waals surface area contributed by atoms with Crippen molar-refractivity contribution in [2.75, 3.05) is 0 Å². The maximum Gasteiger partial charge on any atom is 0.0129 e. The Morgan fingerprint density at radius 3 is 2.17 bits per heavy atom. The van der Waals surface area contributed by atoms with Crippen molar-refractivity contribution in [1.82, 2.24) is 0 Å². The Hall–Kier alpha value is -0.880. The van der Waals surface area contributed by atoms with Gasteiger partial charge >= 0.3 is 0 Å². The summed E-state index contributed by atoms with van der Waals surface area (Å²) in [5, 5.41) is 0. The second kappa shape index (κ2) is 10.1. The molecule has 0 saturated carbocycles. The minimum atomic E-state index is 0.884. The molecule has 0 heteroatoms. The molecule has 0 aliphatic heterocycles. The summed E-state index contributed by atoms with van der Waals surface area (Å²) < 4.78 is 0. The van der Waals surface area contributed by atoms with E-state index < -0.39 is 0 Å². The molecule has 0 unspecified atom stereocenters. The summed E-state index contributed by atoms with van der Waals surface area (Å²) in [5.41, 5.74) is 0. The molecule has 0 atom stereocenters. The van der Waals surface area contributed by atoms with Crippen LogP contribution in [0.1, 0.15) is 46.0 Å². The maximum absolute atomic E-state index is 3.10. The van der Waals surface area contributed by atoms with E-state index in [1.165, 1.54) is 0 Å². The average molecular weight is 161 g/mol. The van der Waals surface area contributed by atoms with Crippen molar-refractivity contribution < 1.29 is 0 Å². The van der Waals surface area contributed by atoms with E-state index in [9.17, 15) is 0 Å². The third-order valence-corrected chi connectivity index (χ3v) is 1.29. The fourth-order valence-corrected chi connectivity index (χ4v) is 0.699. The van der Waals surface area contributed by atoms with E-state index in [1.807, 2.05) is 0 Å². The van der Waals surface area contributed by atoms with Gasteiger partial charge in [0.15, 0.2) is 0 Å². The van der Waals surface area contributed by atoms with Gasteiger partial charge in [-0.2, -0.15) is 0 Å². The molecule has 65 valence electrons. The molecule has 0 aromatic rings. The SMILES string of the molecule is CCC#CC[CH]CC#CCCC. The largest absolute Gasteiger partial charge is 0.104 e. The van der Waals surface area contributed by atoms with E-state index >= 15 is 0 Å². The van der Waals surface area contributed by atoms with Gasteiger partial charge in [0.1, 0.15) is 0 Å². The Kier molecular flexibility index (Phi) is 9.38. The van der Waals surface area contributed by atoms with E-state index in [2.05, 4.69) is 44.0 Å². The van der Waals surface area contributed by atoms with Crippen LogP contribution in [0.4, 0.5) is 0 Å². The van der Waals surface area contributed by atoms with Gasteiger partial charge in [0.2, 0.25) is 0 Å². The van der Waals surface area contributed by atoms with Gasteiger partial charge in [-0.1, -0.05) is 13.8 Å². The highest BCUT2D eigenvalue weighted by molar-refractivity contribution is 5.06. The Labute approximate surface area is 76.8 Å². The molecule has 12 heavy (non-hydrogen) atoms. The average Bonchev–Trinajstić information content (AvgIpc) is 2.10. The van der Waals surface area contributed by atoms with E-state index in [0.29, 0.717) is 0 Å². The van der Waals surface area contributed by atoms with Crippen LogP contribution in [-0.2, 0) is 0 Å². The molecule has 0 aromatic heterocycles. The number of rotatable bonds is 3. The topological polar surface area (TPSA) is 0 Å². The third-order valence-electron chi connectivity index (χ3n) is 1.29. The lowest BCUT2D eigenvalue weighted by Crippen LogP contribution is -1.72. The fourth-order valence-electron chi connectivity index (χ4n) is 0.699. The molecule has 0 amide bonds. The molecule has 0 N–H and O–H groups in total. The van der Waals surface area contributed by atoms with Crippen molar-refractivity contribution in [2.24, 2.45) is 0 Å². The minimum Gasteiger partial charge on any atom is -0.104 e. The van der Waals surface area contributed by atoms with Crippen LogP contribution in [0.2, 0.25) is 0 Å². The zero-order valence-corrected chi connectivity index (χ0v) is 8.11. The van der Waals surface area contributed by atoms with Gasteiger partial charge in [0.25, 0.3) is 0 Å². The first kappa shape index (κ1) is 11.1. The first-order chi connectivity index (χ1) is 5.91. The van der Waals surface area contributed by atoms with E-state index in [0.717, 1.165) is 32.1 Å². The van der Waals surface area contributed by atoms with Gasteiger partial charge in [0.05, 0.1) is 0 Å². The molecule has 0 aromatic carbocycles. The van der Waals surface area contributed by atoms with Crippen LogP contribution in [0.15, 0.2) is 0 Å². The molecule has 0 spiro atoms. The van der Waals surface area contributed by atoms with Gasteiger partial charge in [-0.3, -0.25) is 0 Å². The molecule has 0 aliphatic rings. The lowest BCUT2D eigenvalue weighted by Gasteiger charge is -1.83. The zero-order chi connectivity index (χ0) is 9.07. The highest BCUT2D eigenvalue weighted by Crippen LogP contribution is 1.91. The molecule has 0 saturated heterocycles. The Bertz CT molecular complexity index is 192. The Morgan fingerprint density at radius 1 is 0.917 bits per heavy atom. The summed E-state index contributed by atoms with van der Waals surface area (Å²) in [5.74, 6) is 12.3. The van der Waals surface area contributed by atoms with Crippen molar-refractivity contribution in [1.29, 1.82) is 0 Å². The summed E-state index contributed by atoms with van der Waals surface area (Å²) in [6, 6.07) is 0. The van der Waals surface area contributed by atoms with Gasteiger partial charge in [-0.15, -0.1) is 23.7 Å². The lowest BCUT2D eigenvalue weighted by atomic mass is 10.2. The zero-order valence-electron chi connectivity index (χ0n) is 8.11. The predicted octanol–water partition coefficient (Wildman–Crippen LogP) is 3.19. The van der Waals surface area contributed by atoms with Gasteiger partial charge in [-0.25, -0.2) is 0 Å². The van der Waals surface area contributed by atoms with Gasteiger partial charge in [-0.05, 0) is 12.8 Å². The second-order valence-electron chi connectivity index (χ2n) is 2.51. The summed E-state index contributed by atoms with van der Waals surface area (Å²) in [6.45, 7) is 4.21. The molecule has 0 heterocycles. The number of hydrogen-bond acceptors (Lipinski definition) is 0. The minimum absolute atomic E-state index is 0.884. The van der Waals surface area contributed by atoms with Crippen LogP contribution >= 0.6 is 0 Å². The van der Waals surface area contributed by atoms with Crippen molar-refractivity contribution in [3.05, 3.63) is 6.42 Å². The smallest absolute Gasteiger partial charge is 0.0129 e. The quantitative estimate of drug-likeness (QED) is 0.440. The van der Waals surface area contributed by atoms with Gasteiger partial charge < -0.3 is 0 Å². The van der Waals surface area contributed by atoms with Crippen molar-refractivity contribution >= 4 is 0 Å². The van der Waals surface area contributed by atoms with Crippen LogP contribution in [0.5, 0.6) is 0 Å². The van der Waals surface area contributed by atoms with E-state index in [-0.39, 0.29) is 0 Å². The highest BCUT2D eigenvalue weighted by Gasteiger charge is 1.79. The normalized spacial score (nSPS) is 7.83. The molecule has 0 aliphatic carbocycles. The highest BCUT2D eigenvalue weighted by atomic mass is 13.8. The van der Waals surface area contributed by atoms with Crippen molar-refractivity contribution in [3.63, 3.8) is 0 Å². The molecular weight excluding hydrogens is 144 g/mol. The molecular formula is C12H17. The van der Waals surface area contributed by atoms with Crippen molar-refractivity contribution in [3.8, 4) is 23.7 Å². The maximum atomic E-state index is 3.10. The molecule has 1 radical (unpaired) electrons. The Morgan fingerprint density at radius 2 is 1.58 bits per heavy atom. The van der Waals surface area contributed by atoms with Crippen molar-refractivity contribution in [2.45, 2.75) is 46.0 Å². The van der Waals surface area contributed by atoms with Crippen LogP contribution in [0, 0.1) is 30.1 Å². The standard InChI is InChI=1S/C12H17/c1-3-5-7-9-11-12-10-8-6-4-2/h12H,3-5,10-11H2,1-2H3. The fraction of sp³-hybridized carbons (Fsp3) is 0.583. The second-order valence-corrected chi connectivity index (χ2v) is 2.51. The summed E-state index contributed by atoms with van der Waals surface area (Å²) in [4.78, 5) is 0. The summed E-state index contributed by atoms with van der Waals surface area (Å²) >= 11 is 0. The first-order valence-electron chi connectivity index (χ1n) is 4.64. The third kappa shape index (κ3) is 9.12. The van der Waals surface area contributed by atoms with Crippen LogP contribution in [-0.4, -0.2) is 0 Å². The Balaban J connectivity index is 3.17. The molecule has 0 nitrogen and oxygen atoms in total. The first-order valence-corrected chi connectivity index (χ1v) is 4.64. The number of hydrogen-bond donors (Lipinski definition) is 0. The molecule has 0 rings (SSSR count). The summed E-state index contributed by atoms with van der Waals surface area (Å²) in [6.07, 6.45) is 7.03. The van der Waals surface area contributed by atoms with Crippen LogP contribution in [0.25, 0.3) is 0 Å². The monoisotopic (exact) mass is 161 g/mol. The van der Waals surface area contributed by atoms with Crippen LogP contribution < -0.4 is 0 Å². The predicted molar refractivity (Wildman–Crippen MR) is 54.3 cm³/mol.